The molecule has 0 amide bonds. The van der Waals surface area contributed by atoms with Gasteiger partial charge in [0.05, 0.1) is 6.61 Å². The van der Waals surface area contributed by atoms with Crippen molar-refractivity contribution in [3.8, 4) is 5.75 Å². The number of hydrogen-bond donors (Lipinski definition) is 1. The summed E-state index contributed by atoms with van der Waals surface area (Å²) in [6.45, 7) is 5.93. The van der Waals surface area contributed by atoms with E-state index in [-0.39, 0.29) is 0 Å². The molecular formula is C18H23NO. The van der Waals surface area contributed by atoms with Crippen molar-refractivity contribution < 1.29 is 4.74 Å². The lowest BCUT2D eigenvalue weighted by atomic mass is 10.1. The van der Waals surface area contributed by atoms with Crippen LogP contribution in [0.25, 0.3) is 0 Å². The number of unbranched alkanes of at least 4 members (excludes halogenated alkanes) is 1. The first kappa shape index (κ1) is 14.4. The van der Waals surface area contributed by atoms with Gasteiger partial charge in [0.1, 0.15) is 5.75 Å². The van der Waals surface area contributed by atoms with Gasteiger partial charge >= 0.3 is 0 Å². The number of hydrogen-bond acceptors (Lipinski definition) is 2. The molecule has 0 aliphatic carbocycles. The molecule has 0 fully saturated rings. The Balaban J connectivity index is 1.84. The fourth-order valence-electron chi connectivity index (χ4n) is 2.03. The summed E-state index contributed by atoms with van der Waals surface area (Å²) < 4.78 is 5.65. The molecule has 2 heteroatoms. The van der Waals surface area contributed by atoms with E-state index in [4.69, 9.17) is 4.74 Å². The van der Waals surface area contributed by atoms with Gasteiger partial charge in [0.25, 0.3) is 0 Å². The summed E-state index contributed by atoms with van der Waals surface area (Å²) in [5, 5.41) is 3.43. The number of ether oxygens (including phenoxy) is 1. The quantitative estimate of drug-likeness (QED) is 0.730. The molecule has 0 saturated carbocycles. The molecule has 0 aliphatic rings. The van der Waals surface area contributed by atoms with E-state index in [1.807, 2.05) is 12.1 Å². The molecule has 0 atom stereocenters. The highest BCUT2D eigenvalue weighted by atomic mass is 16.5. The van der Waals surface area contributed by atoms with Crippen LogP contribution in [-0.4, -0.2) is 6.61 Å². The summed E-state index contributed by atoms with van der Waals surface area (Å²) in [6.07, 6.45) is 2.27. The first-order valence-electron chi connectivity index (χ1n) is 7.30. The Morgan fingerprint density at radius 2 is 1.85 bits per heavy atom. The van der Waals surface area contributed by atoms with Crippen LogP contribution in [0.15, 0.2) is 48.5 Å². The Kier molecular flexibility index (Phi) is 5.48. The third kappa shape index (κ3) is 4.61. The van der Waals surface area contributed by atoms with Crippen molar-refractivity contribution >= 4 is 5.69 Å². The van der Waals surface area contributed by atoms with Crippen LogP contribution >= 0.6 is 0 Å². The normalized spacial score (nSPS) is 10.3. The average molecular weight is 269 g/mol. The molecule has 0 aromatic heterocycles. The van der Waals surface area contributed by atoms with Gasteiger partial charge in [-0.05, 0) is 43.2 Å². The van der Waals surface area contributed by atoms with Gasteiger partial charge in [-0.15, -0.1) is 0 Å². The lowest BCUT2D eigenvalue weighted by Gasteiger charge is -2.09. The smallest absolute Gasteiger partial charge is 0.119 e. The van der Waals surface area contributed by atoms with E-state index in [2.05, 4.69) is 55.6 Å². The number of anilines is 1. The third-order valence-electron chi connectivity index (χ3n) is 3.20. The third-order valence-corrected chi connectivity index (χ3v) is 3.20. The fourth-order valence-corrected chi connectivity index (χ4v) is 2.03. The van der Waals surface area contributed by atoms with E-state index in [9.17, 15) is 0 Å². The first-order chi connectivity index (χ1) is 9.78. The second-order valence-electron chi connectivity index (χ2n) is 5.07. The Bertz CT molecular complexity index is 519. The van der Waals surface area contributed by atoms with Gasteiger partial charge in [0, 0.05) is 12.2 Å². The second-order valence-corrected chi connectivity index (χ2v) is 5.07. The zero-order chi connectivity index (χ0) is 14.2. The van der Waals surface area contributed by atoms with Crippen LogP contribution in [0.5, 0.6) is 5.75 Å². The summed E-state index contributed by atoms with van der Waals surface area (Å²) in [7, 11) is 0. The van der Waals surface area contributed by atoms with Crippen molar-refractivity contribution in [2.45, 2.75) is 33.2 Å². The zero-order valence-electron chi connectivity index (χ0n) is 12.4. The predicted molar refractivity (Wildman–Crippen MR) is 85.4 cm³/mol. The topological polar surface area (TPSA) is 21.3 Å². The largest absolute Gasteiger partial charge is 0.494 e. The minimum absolute atomic E-state index is 0.798. The molecule has 0 radical (unpaired) electrons. The van der Waals surface area contributed by atoms with Crippen LogP contribution in [0.3, 0.4) is 0 Å². The molecule has 2 aromatic rings. The number of rotatable bonds is 7. The molecule has 2 rings (SSSR count). The minimum Gasteiger partial charge on any atom is -0.494 e. The highest BCUT2D eigenvalue weighted by molar-refractivity contribution is 5.46. The molecule has 0 aliphatic heterocycles. The molecule has 0 saturated heterocycles. The number of nitrogens with one attached hydrogen (secondary N) is 1. The molecule has 106 valence electrons. The molecular weight excluding hydrogens is 246 g/mol. The summed E-state index contributed by atoms with van der Waals surface area (Å²) in [4.78, 5) is 0. The Hall–Kier alpha value is -1.96. The van der Waals surface area contributed by atoms with E-state index < -0.39 is 0 Å². The lowest BCUT2D eigenvalue weighted by molar-refractivity contribution is 0.309. The fraction of sp³-hybridized carbons (Fsp3) is 0.333. The second kappa shape index (κ2) is 7.59. The Morgan fingerprint density at radius 1 is 1.05 bits per heavy atom. The van der Waals surface area contributed by atoms with Crippen molar-refractivity contribution in [2.24, 2.45) is 0 Å². The van der Waals surface area contributed by atoms with Crippen molar-refractivity contribution in [3.63, 3.8) is 0 Å². The standard InChI is InChI=1S/C18H23NO/c1-3-4-12-20-18-10-8-17(9-11-18)19-14-16-7-5-6-15(2)13-16/h5-11,13,19H,3-4,12,14H2,1-2H3. The van der Waals surface area contributed by atoms with Gasteiger partial charge in [-0.25, -0.2) is 0 Å². The summed E-state index contributed by atoms with van der Waals surface area (Å²) in [6, 6.07) is 16.7. The molecule has 0 heterocycles. The molecule has 0 bridgehead atoms. The highest BCUT2D eigenvalue weighted by Gasteiger charge is 1.97. The van der Waals surface area contributed by atoms with Crippen LogP contribution in [0, 0.1) is 6.92 Å². The average Bonchev–Trinajstić information content (AvgIpc) is 2.47. The van der Waals surface area contributed by atoms with Gasteiger partial charge < -0.3 is 10.1 Å². The van der Waals surface area contributed by atoms with Crippen molar-refractivity contribution in [2.75, 3.05) is 11.9 Å². The van der Waals surface area contributed by atoms with Gasteiger partial charge in [0.2, 0.25) is 0 Å². The zero-order valence-corrected chi connectivity index (χ0v) is 12.4. The Morgan fingerprint density at radius 3 is 2.55 bits per heavy atom. The summed E-state index contributed by atoms with van der Waals surface area (Å²) in [5.41, 5.74) is 3.71. The minimum atomic E-state index is 0.798. The molecule has 2 aromatic carbocycles. The molecule has 0 unspecified atom stereocenters. The Labute approximate surface area is 121 Å². The maximum absolute atomic E-state index is 5.65. The highest BCUT2D eigenvalue weighted by Crippen LogP contribution is 2.17. The van der Waals surface area contributed by atoms with Crippen LogP contribution in [0.1, 0.15) is 30.9 Å². The molecule has 1 N–H and O–H groups in total. The van der Waals surface area contributed by atoms with E-state index in [1.54, 1.807) is 0 Å². The van der Waals surface area contributed by atoms with E-state index in [0.29, 0.717) is 0 Å². The molecule has 2 nitrogen and oxygen atoms in total. The molecule has 0 spiro atoms. The van der Waals surface area contributed by atoms with E-state index in [1.165, 1.54) is 11.1 Å². The van der Waals surface area contributed by atoms with Gasteiger partial charge in [-0.1, -0.05) is 43.2 Å². The number of aryl methyl sites for hydroxylation is 1. The van der Waals surface area contributed by atoms with E-state index in [0.717, 1.165) is 37.4 Å². The van der Waals surface area contributed by atoms with Crippen molar-refractivity contribution in [1.29, 1.82) is 0 Å². The van der Waals surface area contributed by atoms with Gasteiger partial charge in [0.15, 0.2) is 0 Å². The number of benzene rings is 2. The van der Waals surface area contributed by atoms with E-state index >= 15 is 0 Å². The van der Waals surface area contributed by atoms with Gasteiger partial charge in [-0.3, -0.25) is 0 Å². The van der Waals surface area contributed by atoms with Gasteiger partial charge in [-0.2, -0.15) is 0 Å². The van der Waals surface area contributed by atoms with Crippen LogP contribution in [0.4, 0.5) is 5.69 Å². The first-order valence-corrected chi connectivity index (χ1v) is 7.30. The predicted octanol–water partition coefficient (Wildman–Crippen LogP) is 4.79. The maximum Gasteiger partial charge on any atom is 0.119 e. The maximum atomic E-state index is 5.65. The van der Waals surface area contributed by atoms with Crippen LogP contribution < -0.4 is 10.1 Å². The summed E-state index contributed by atoms with van der Waals surface area (Å²) >= 11 is 0. The molecule has 20 heavy (non-hydrogen) atoms. The lowest BCUT2D eigenvalue weighted by Crippen LogP contribution is -2.00. The van der Waals surface area contributed by atoms with Crippen molar-refractivity contribution in [3.05, 3.63) is 59.7 Å². The van der Waals surface area contributed by atoms with Crippen molar-refractivity contribution in [1.82, 2.24) is 0 Å². The monoisotopic (exact) mass is 269 g/mol. The van der Waals surface area contributed by atoms with Crippen LogP contribution in [0.2, 0.25) is 0 Å². The summed E-state index contributed by atoms with van der Waals surface area (Å²) in [5.74, 6) is 0.944. The SMILES string of the molecule is CCCCOc1ccc(NCc2cccc(C)c2)cc1. The van der Waals surface area contributed by atoms with Crippen LogP contribution in [-0.2, 0) is 6.54 Å².